The third-order valence-corrected chi connectivity index (χ3v) is 17.6. The van der Waals surface area contributed by atoms with E-state index in [2.05, 4.69) is 73.5 Å². The molecule has 0 unspecified atom stereocenters. The van der Waals surface area contributed by atoms with Gasteiger partial charge in [0.2, 0.25) is 76.8 Å². The number of carboxylic acid groups (broad SMARTS) is 1. The zero-order chi connectivity index (χ0) is 79.3. The molecule has 10 atom stereocenters. The van der Waals surface area contributed by atoms with Gasteiger partial charge in [-0.15, -0.1) is 11.8 Å². The fraction of sp³-hybridized carbons (Fsp3) is 0.561. The van der Waals surface area contributed by atoms with Crippen LogP contribution in [-0.2, 0) is 80.0 Å². The number of phenols is 1. The number of nitrogens with two attached hydrogens (primary N) is 8. The van der Waals surface area contributed by atoms with E-state index in [-0.39, 0.29) is 151 Å². The van der Waals surface area contributed by atoms with Crippen molar-refractivity contribution in [3.8, 4) is 5.75 Å². The summed E-state index contributed by atoms with van der Waals surface area (Å²) in [5.41, 5.74) is 45.6. The molecular weight excluding hydrogens is 1420 g/mol. The van der Waals surface area contributed by atoms with Gasteiger partial charge >= 0.3 is 5.97 Å². The number of rotatable bonds is 25. The fourth-order valence-corrected chi connectivity index (χ4v) is 12.0. The maximum Gasteiger partial charge on any atom is 0.305 e. The van der Waals surface area contributed by atoms with Crippen molar-refractivity contribution in [1.29, 1.82) is 0 Å². The number of carbonyl (C=O) groups excluding carboxylic acids is 13. The summed E-state index contributed by atoms with van der Waals surface area (Å²) in [7, 11) is 0. The molecule has 590 valence electrons. The number of primary amides is 1. The number of guanidine groups is 3. The number of unbranched alkanes of at least 4 members (excludes halogenated alkanes) is 1. The highest BCUT2D eigenvalue weighted by Crippen LogP contribution is 2.22. The number of benzene rings is 2. The van der Waals surface area contributed by atoms with Crippen molar-refractivity contribution >= 4 is 112 Å². The van der Waals surface area contributed by atoms with Gasteiger partial charge in [0.15, 0.2) is 17.9 Å². The number of nitrogens with zero attached hydrogens (tertiary/aromatic N) is 4. The van der Waals surface area contributed by atoms with Crippen molar-refractivity contribution in [3.05, 3.63) is 65.5 Å². The SMILES string of the molecule is CC(C)C[C@@H]1NC(=O)[C@H](Cc2ccc(O)cc2)NC(=O)CSC[C@@H](C(N)=O)NC(=O)CNC(=O)CNC(=O)[C@H](CCCN=C(N)N)NC(=O)[C@H](CC(=O)O)NC(=O)[C@H](CCCCN)NC(=O)[C@@H]2CCCN2C(=O)[C@H](CCCN=C(N)N)NC(=O)[C@H](Cc2ccc(F)cc2)NC(=O)[C@H](CCCN=C(N)N)NC1=O. The number of nitrogens with one attached hydrogen (secondary N) is 11. The van der Waals surface area contributed by atoms with E-state index < -0.39 is 174 Å². The largest absolute Gasteiger partial charge is 0.508 e. The molecule has 13 amide bonds. The third-order valence-electron chi connectivity index (χ3n) is 16.6. The van der Waals surface area contributed by atoms with E-state index in [1.54, 1.807) is 13.8 Å². The molecule has 2 fully saturated rings. The Kier molecular flexibility index (Phi) is 37.9. The lowest BCUT2D eigenvalue weighted by Crippen LogP contribution is -2.60. The molecule has 0 saturated carbocycles. The highest BCUT2D eigenvalue weighted by molar-refractivity contribution is 8.00. The van der Waals surface area contributed by atoms with Crippen LogP contribution in [-0.4, -0.2) is 233 Å². The minimum Gasteiger partial charge on any atom is -0.508 e. The lowest BCUT2D eigenvalue weighted by Gasteiger charge is -2.31. The van der Waals surface area contributed by atoms with E-state index in [0.717, 1.165) is 23.9 Å². The van der Waals surface area contributed by atoms with Crippen LogP contribution in [0, 0.1) is 11.7 Å². The van der Waals surface area contributed by atoms with Crippen molar-refractivity contribution < 1.29 is 81.7 Å². The molecule has 2 aliphatic heterocycles. The van der Waals surface area contributed by atoms with Crippen molar-refractivity contribution in [2.75, 3.05) is 57.3 Å². The van der Waals surface area contributed by atoms with Crippen molar-refractivity contribution in [2.24, 2.45) is 66.8 Å². The highest BCUT2D eigenvalue weighted by atomic mass is 32.2. The number of phenolic OH excluding ortho intramolecular Hbond substituents is 1. The Balaban J connectivity index is 1.86. The molecule has 0 bridgehead atoms. The first-order chi connectivity index (χ1) is 50.7. The van der Waals surface area contributed by atoms with Crippen molar-refractivity contribution in [1.82, 2.24) is 63.4 Å². The molecule has 0 spiro atoms. The van der Waals surface area contributed by atoms with Gasteiger partial charge in [-0.2, -0.15) is 0 Å². The van der Waals surface area contributed by atoms with E-state index in [4.69, 9.17) is 45.9 Å². The van der Waals surface area contributed by atoms with Gasteiger partial charge < -0.3 is 119 Å². The van der Waals surface area contributed by atoms with Crippen LogP contribution in [0.4, 0.5) is 4.39 Å². The summed E-state index contributed by atoms with van der Waals surface area (Å²) in [6.45, 7) is 1.70. The van der Waals surface area contributed by atoms with Gasteiger partial charge in [-0.05, 0) is 125 Å². The molecule has 39 nitrogen and oxygen atoms in total. The first-order valence-corrected chi connectivity index (χ1v) is 35.9. The zero-order valence-electron chi connectivity index (χ0n) is 59.7. The van der Waals surface area contributed by atoms with Gasteiger partial charge in [-0.1, -0.05) is 38.1 Å². The predicted octanol–water partition coefficient (Wildman–Crippen LogP) is -7.05. The highest BCUT2D eigenvalue weighted by Gasteiger charge is 2.41. The topological polar surface area (TPSA) is 660 Å². The monoisotopic (exact) mass is 1520 g/mol. The van der Waals surface area contributed by atoms with E-state index in [0.29, 0.717) is 17.5 Å². The van der Waals surface area contributed by atoms with Crippen LogP contribution in [0.2, 0.25) is 0 Å². The average molecular weight is 1520 g/mol. The number of carboxylic acids is 1. The summed E-state index contributed by atoms with van der Waals surface area (Å²) in [4.78, 5) is 209. The molecule has 107 heavy (non-hydrogen) atoms. The molecule has 41 heteroatoms. The lowest BCUT2D eigenvalue weighted by molar-refractivity contribution is -0.143. The predicted molar refractivity (Wildman–Crippen MR) is 391 cm³/mol. The molecule has 0 aliphatic carbocycles. The molecule has 0 radical (unpaired) electrons. The first kappa shape index (κ1) is 88.3. The molecule has 2 aliphatic rings. The molecule has 2 heterocycles. The average Bonchev–Trinajstić information content (AvgIpc) is 1.74. The second kappa shape index (κ2) is 46.0. The summed E-state index contributed by atoms with van der Waals surface area (Å²) in [5.74, 6) is -17.0. The Bertz CT molecular complexity index is 3490. The maximum atomic E-state index is 15.1. The minimum absolute atomic E-state index is 0.00335. The molecule has 4 rings (SSSR count). The molecule has 0 aromatic heterocycles. The minimum atomic E-state index is -1.94. The number of aliphatic imine (C=N–C) groups is 3. The Morgan fingerprint density at radius 2 is 0.963 bits per heavy atom. The number of halogens is 1. The Labute approximate surface area is 621 Å². The number of fused-ring (bicyclic) bond motifs is 1. The van der Waals surface area contributed by atoms with Crippen LogP contribution in [0.3, 0.4) is 0 Å². The van der Waals surface area contributed by atoms with E-state index in [9.17, 15) is 72.1 Å². The van der Waals surface area contributed by atoms with Gasteiger partial charge in [-0.3, -0.25) is 82.1 Å². The quantitative estimate of drug-likeness (QED) is 0.0249. The number of thioether (sulfide) groups is 1. The smallest absolute Gasteiger partial charge is 0.305 e. The molecule has 2 aromatic carbocycles. The van der Waals surface area contributed by atoms with E-state index >= 15 is 9.59 Å². The Morgan fingerprint density at radius 3 is 1.49 bits per heavy atom. The first-order valence-electron chi connectivity index (χ1n) is 34.8. The Morgan fingerprint density at radius 1 is 0.523 bits per heavy atom. The van der Waals surface area contributed by atoms with Crippen LogP contribution in [0.15, 0.2) is 63.5 Å². The van der Waals surface area contributed by atoms with Crippen LogP contribution in [0.1, 0.15) is 108 Å². The van der Waals surface area contributed by atoms with E-state index in [1.807, 2.05) is 0 Å². The number of aromatic hydroxyl groups is 1. The summed E-state index contributed by atoms with van der Waals surface area (Å²) in [5, 5.41) is 47.7. The van der Waals surface area contributed by atoms with Crippen LogP contribution < -0.4 is 104 Å². The number of hydrogen-bond acceptors (Lipinski definition) is 20. The fourth-order valence-electron chi connectivity index (χ4n) is 11.2. The van der Waals surface area contributed by atoms with Crippen molar-refractivity contribution in [3.63, 3.8) is 0 Å². The maximum absolute atomic E-state index is 15.1. The van der Waals surface area contributed by atoms with Crippen LogP contribution >= 0.6 is 11.8 Å². The van der Waals surface area contributed by atoms with Crippen LogP contribution in [0.5, 0.6) is 5.75 Å². The Hall–Kier alpha value is -11.1. The standard InChI is InChI=1S/C66H102FN23O16S/c1-35(2)27-44-58(101)84-42(11-6-24-77-65(72)73)57(100)88-46(29-36-14-18-38(67)19-15-36)60(103)86-43(12-7-25-78-66(74)75)63(106)90-26-8-13-49(90)62(105)85-41(9-3-4-22-68)56(99)89-47(30-53(95)96)61(104)83-40(10-5-23-76-64(70)71)55(98)80-31-50(92)79-32-51(93)82-48(54(69)97)33-107-34-52(94)81-45(59(102)87-44)28-37-16-20-39(91)21-17-37/h14-21,35,40-49,91H,3-13,22-34,68H2,1-2H3,(H2,69,97)(H,79,92)(H,80,98)(H,81,94)(H,82,93)(H,83,104)(H,84,101)(H,85,105)(H,86,103)(H,87,102)(H,88,100)(H,89,99)(H,95,96)(H4,70,71,76)(H4,72,73,77)(H4,74,75,78)/t40-,41-,42-,43-,44-,45-,46-,47-,48-,49-/m0/s1. The lowest BCUT2D eigenvalue weighted by atomic mass is 10.00. The second-order valence-corrected chi connectivity index (χ2v) is 26.9. The van der Waals surface area contributed by atoms with Gasteiger partial charge in [0.25, 0.3) is 0 Å². The van der Waals surface area contributed by atoms with E-state index in [1.165, 1.54) is 41.3 Å². The molecule has 2 saturated heterocycles. The summed E-state index contributed by atoms with van der Waals surface area (Å²) >= 11 is 0.796. The third kappa shape index (κ3) is 33.3. The number of carbonyl (C=O) groups is 14. The van der Waals surface area contributed by atoms with Crippen LogP contribution in [0.25, 0.3) is 0 Å². The number of aliphatic carboxylic acids is 1. The van der Waals surface area contributed by atoms with Crippen molar-refractivity contribution in [2.45, 2.75) is 171 Å². The van der Waals surface area contributed by atoms with Gasteiger partial charge in [0.1, 0.15) is 72.0 Å². The summed E-state index contributed by atoms with van der Waals surface area (Å²) < 4.78 is 14.5. The molecule has 29 N–H and O–H groups in total. The van der Waals surface area contributed by atoms with Gasteiger partial charge in [0.05, 0.1) is 25.3 Å². The number of amides is 13. The molecular formula is C66H102FN23O16S. The van der Waals surface area contributed by atoms with Gasteiger partial charge in [-0.25, -0.2) is 4.39 Å². The zero-order valence-corrected chi connectivity index (χ0v) is 60.6. The molecule has 2 aromatic rings. The summed E-state index contributed by atoms with van der Waals surface area (Å²) in [6.07, 6.45) is -1.75. The number of hydrogen-bond donors (Lipinski definition) is 21. The summed E-state index contributed by atoms with van der Waals surface area (Å²) in [6, 6.07) is -4.92. The second-order valence-electron chi connectivity index (χ2n) is 25.8. The normalized spacial score (nSPS) is 22.9. The van der Waals surface area contributed by atoms with Gasteiger partial charge in [0, 0.05) is 44.8 Å².